The van der Waals surface area contributed by atoms with Gasteiger partial charge in [0.05, 0.1) is 157 Å². The van der Waals surface area contributed by atoms with Crippen molar-refractivity contribution in [1.82, 2.24) is 63.0 Å². The molecule has 2 aromatic carbocycles. The molecule has 48 nitrogen and oxygen atoms in total. The Morgan fingerprint density at radius 1 is 0.523 bits per heavy atom. The average molecular weight is 1910 g/mol. The highest BCUT2D eigenvalue weighted by Gasteiger charge is 2.37. The van der Waals surface area contributed by atoms with E-state index in [2.05, 4.69) is 53.2 Å². The molecule has 19 N–H and O–H groups in total. The lowest BCUT2D eigenvalue weighted by molar-refractivity contribution is -0.150. The van der Waals surface area contributed by atoms with E-state index < -0.39 is 271 Å². The maximum absolute atomic E-state index is 16.2. The summed E-state index contributed by atoms with van der Waals surface area (Å²) in [7, 11) is 2.60. The van der Waals surface area contributed by atoms with Gasteiger partial charge in [-0.25, -0.2) is 8.78 Å². The van der Waals surface area contributed by atoms with Gasteiger partial charge >= 0.3 is 11.9 Å². The third-order valence-electron chi connectivity index (χ3n) is 19.3. The first kappa shape index (κ1) is 109. The summed E-state index contributed by atoms with van der Waals surface area (Å²) in [5.74, 6) is -16.1. The third-order valence-corrected chi connectivity index (χ3v) is 20.4. The second kappa shape index (κ2) is 59.1. The number of benzene rings is 2. The smallest absolute Gasteiger partial charge is 0.306 e. The van der Waals surface area contributed by atoms with Crippen LogP contribution in [0.15, 0.2) is 18.2 Å². The minimum absolute atomic E-state index is 0.00922. The van der Waals surface area contributed by atoms with Crippen LogP contribution in [0, 0.1) is 11.6 Å². The lowest BCUT2D eigenvalue weighted by Crippen LogP contribution is -2.52. The fraction of sp³-hybridized carbons (Fsp3) is 0.617. The van der Waals surface area contributed by atoms with Gasteiger partial charge in [-0.2, -0.15) is 0 Å². The number of likely N-dealkylation sites (tertiary alicyclic amines) is 1. The van der Waals surface area contributed by atoms with Gasteiger partial charge < -0.3 is 151 Å². The molecule has 3 aromatic rings. The van der Waals surface area contributed by atoms with Crippen molar-refractivity contribution in [2.24, 2.45) is 0 Å². The molecule has 2 aliphatic rings. The van der Waals surface area contributed by atoms with Crippen LogP contribution in [0.25, 0.3) is 10.1 Å². The average Bonchev–Trinajstić information content (AvgIpc) is 1.67. The molecule has 1 aromatic heterocycles. The number of carbonyl (C=O) groups excluding carboxylic acids is 17. The van der Waals surface area contributed by atoms with Crippen molar-refractivity contribution >= 4 is 122 Å². The number of nitrogens with one attached hydrogen (secondary N) is 10. The van der Waals surface area contributed by atoms with Gasteiger partial charge in [-0.3, -0.25) is 86.4 Å². The summed E-state index contributed by atoms with van der Waals surface area (Å²) in [4.78, 5) is 218. The SMILES string of the molecule is [3H]C1CC(=O)N(CC(=O)N[C@@H](CCC(=O)NC[C@H](C)OC(=O)CCC(=O)N2Cc3cc(OC)c(OCCCOc4c(OC)cc5sc(C(=O)CCC(=O)OCC)cc5c4F)c(F)c3C2)C(=O)NCC(=O)NCC(=O)NCC(=O)NCC(=O)NCCOCCOCCOCCOCCC(=O)N[C@@H](CCC(=O)NC[C@H](O)[C@@H](O)[C@H](O)[C@H](O)CO)C(=O)NC[C@H](O)[C@@H](O)C(=O)[C@H](O)CO)C1=O. The Bertz CT molecular complexity index is 4460. The number of nitrogens with zero attached hydrogens (tertiary/aromatic N) is 2. The quantitative estimate of drug-likeness (QED) is 0.0108. The van der Waals surface area contributed by atoms with Crippen molar-refractivity contribution in [2.75, 3.05) is 159 Å². The topological polar surface area (TPSA) is 691 Å². The Morgan fingerprint density at radius 2 is 1.05 bits per heavy atom. The maximum Gasteiger partial charge on any atom is 0.306 e. The molecule has 736 valence electrons. The Kier molecular flexibility index (Phi) is 49.0. The van der Waals surface area contributed by atoms with E-state index in [4.69, 9.17) is 59.0 Å². The van der Waals surface area contributed by atoms with E-state index in [0.29, 0.717) is 15.2 Å². The number of carbonyl (C=O) groups is 17. The number of esters is 2. The van der Waals surface area contributed by atoms with Gasteiger partial charge in [0.15, 0.2) is 46.2 Å². The van der Waals surface area contributed by atoms with Crippen LogP contribution in [-0.4, -0.2) is 376 Å². The molecule has 0 aliphatic carbocycles. The first-order valence-corrected chi connectivity index (χ1v) is 42.6. The molecule has 2 aliphatic heterocycles. The maximum atomic E-state index is 16.2. The fourth-order valence-electron chi connectivity index (χ4n) is 12.1. The predicted molar refractivity (Wildman–Crippen MR) is 448 cm³/mol. The minimum Gasteiger partial charge on any atom is -0.493 e. The van der Waals surface area contributed by atoms with Crippen molar-refractivity contribution in [3.8, 4) is 23.0 Å². The summed E-state index contributed by atoms with van der Waals surface area (Å²) in [5.41, 5.74) is 0.538. The van der Waals surface area contributed by atoms with E-state index in [1.807, 2.05) is 0 Å². The van der Waals surface area contributed by atoms with E-state index in [1.165, 1.54) is 44.2 Å². The van der Waals surface area contributed by atoms with Gasteiger partial charge in [0.1, 0.15) is 61.4 Å². The Hall–Kier alpha value is -11.5. The summed E-state index contributed by atoms with van der Waals surface area (Å²) in [6.07, 6.45) is -19.9. The van der Waals surface area contributed by atoms with Gasteiger partial charge in [0, 0.05) is 107 Å². The highest BCUT2D eigenvalue weighted by molar-refractivity contribution is 7.20. The normalized spacial score (nSPS) is 15.2. The zero-order chi connectivity index (χ0) is 98.4. The number of hydrogen-bond donors (Lipinski definition) is 19. The van der Waals surface area contributed by atoms with Crippen LogP contribution in [0.4, 0.5) is 8.78 Å². The Balaban J connectivity index is 0.920. The van der Waals surface area contributed by atoms with Crippen molar-refractivity contribution in [2.45, 2.75) is 165 Å². The molecule has 0 bridgehead atoms. The molecule has 1 unspecified atom stereocenters. The number of halogens is 2. The summed E-state index contributed by atoms with van der Waals surface area (Å²) in [6.45, 7) is -4.13. The number of ketones is 2. The molecule has 0 saturated carbocycles. The number of Topliss-reactive ketones (excluding diaryl/α,β-unsaturated/α-hetero) is 2. The van der Waals surface area contributed by atoms with Crippen LogP contribution < -0.4 is 72.1 Å². The molecule has 132 heavy (non-hydrogen) atoms. The highest BCUT2D eigenvalue weighted by atomic mass is 32.1. The van der Waals surface area contributed by atoms with E-state index in [0.717, 1.165) is 11.3 Å². The molecule has 13 amide bonds. The molecular formula is C81H116F2N12O36S. The molecule has 1 fully saturated rings. The monoisotopic (exact) mass is 1900 g/mol. The van der Waals surface area contributed by atoms with Crippen molar-refractivity contribution in [3.05, 3.63) is 45.8 Å². The predicted octanol–water partition coefficient (Wildman–Crippen LogP) is -7.73. The molecule has 0 spiro atoms. The second-order valence-electron chi connectivity index (χ2n) is 29.3. The second-order valence-corrected chi connectivity index (χ2v) is 30.4. The van der Waals surface area contributed by atoms with Crippen LogP contribution in [0.5, 0.6) is 23.0 Å². The molecule has 51 heteroatoms. The standard InChI is InChI=1S/C81H116F2N12O36S/c1-5-128-70(114)15-9-50(98)58-30-46-57(132-58)31-56(123-4)79(72(46)82)130-20-6-19-129-78-55(122-3)29-45-39-94(40-47(45)73(78)83)67(111)14-16-71(115)131-44(2)32-85-59(103)10-8-49(93-66(110)41-95-68(112)12-13-69(95)113)81(121)91-38-65(109)89-37-64(108)88-36-63(107)87-35-62(106)84-18-22-125-24-26-127-28-27-126-25-23-124-21-17-61(105)92-48(80(120)90-34-52(100)75(117)77(119)54(102)43-97)7-11-60(104)86-33-51(99)74(116)76(118)53(101)42-96/h29-31,44,48-49,51-54,74-76,96-97,99-102,116-118H,5-28,32-43H2,1-4H3,(H,84,106)(H,85,103)(H,86,104)(H,87,107)(H,88,108)(H,89,109)(H,90,120)(H,91,121)(H,92,105)(H,93,110)/t44-,48-,49-,51-,52-,53+,54+,74+,75+,76+/m0/s1/i12T/t12?,44-,48-,49-,51-,52-,53+,54+,74+,75+,76+. The zero-order valence-electron chi connectivity index (χ0n) is 73.9. The fourth-order valence-corrected chi connectivity index (χ4v) is 13.1. The number of aliphatic hydroxyl groups is 9. The number of fused-ring (bicyclic) bond motifs is 2. The Labute approximate surface area is 759 Å². The lowest BCUT2D eigenvalue weighted by Gasteiger charge is -2.25. The molecular weight excluding hydrogens is 1790 g/mol. The molecule has 11 atom stereocenters. The van der Waals surface area contributed by atoms with E-state index in [9.17, 15) is 117 Å². The highest BCUT2D eigenvalue weighted by Crippen LogP contribution is 2.42. The number of rotatable bonds is 66. The summed E-state index contributed by atoms with van der Waals surface area (Å²) < 4.78 is 94.4. The largest absolute Gasteiger partial charge is 0.493 e. The Morgan fingerprint density at radius 3 is 1.61 bits per heavy atom. The number of aliphatic hydroxyl groups excluding tert-OH is 9. The number of hydrogen-bond acceptors (Lipinski definition) is 37. The van der Waals surface area contributed by atoms with Crippen molar-refractivity contribution in [1.29, 1.82) is 0 Å². The molecule has 1 saturated heterocycles. The van der Waals surface area contributed by atoms with Gasteiger partial charge in [-0.15, -0.1) is 11.3 Å². The number of amides is 13. The van der Waals surface area contributed by atoms with E-state index in [-0.39, 0.29) is 176 Å². The number of imide groups is 1. The van der Waals surface area contributed by atoms with Gasteiger partial charge in [-0.05, 0) is 44.4 Å². The van der Waals surface area contributed by atoms with E-state index in [1.54, 1.807) is 6.92 Å². The van der Waals surface area contributed by atoms with Crippen LogP contribution in [0.3, 0.4) is 0 Å². The number of methoxy groups -OCH3 is 2. The summed E-state index contributed by atoms with van der Waals surface area (Å²) >= 11 is 1.03. The lowest BCUT2D eigenvalue weighted by atomic mass is 10.0. The van der Waals surface area contributed by atoms with Gasteiger partial charge in [-0.1, -0.05) is 0 Å². The van der Waals surface area contributed by atoms with Crippen LogP contribution in [0.1, 0.15) is 113 Å². The summed E-state index contributed by atoms with van der Waals surface area (Å²) in [6, 6.07) is 1.31. The third kappa shape index (κ3) is 38.8. The van der Waals surface area contributed by atoms with Crippen LogP contribution in [-0.2, 0) is 118 Å². The minimum atomic E-state index is -2.23. The van der Waals surface area contributed by atoms with Gasteiger partial charge in [0.2, 0.25) is 76.8 Å². The summed E-state index contributed by atoms with van der Waals surface area (Å²) in [5, 5.41) is 110. The molecule has 3 heterocycles. The van der Waals surface area contributed by atoms with Crippen molar-refractivity contribution in [3.63, 3.8) is 0 Å². The van der Waals surface area contributed by atoms with Crippen LogP contribution >= 0.6 is 11.3 Å². The van der Waals surface area contributed by atoms with Crippen LogP contribution in [0.2, 0.25) is 0 Å². The van der Waals surface area contributed by atoms with E-state index >= 15 is 8.78 Å². The first-order valence-electron chi connectivity index (χ1n) is 42.4. The first-order chi connectivity index (χ1) is 63.3. The number of thiophene rings is 1. The molecule has 5 rings (SSSR count). The van der Waals surface area contributed by atoms with Crippen molar-refractivity contribution < 1.29 is 185 Å². The number of ether oxygens (including phenoxy) is 10. The van der Waals surface area contributed by atoms with Gasteiger partial charge in [0.25, 0.3) is 0 Å². The molecule has 0 radical (unpaired) electrons. The zero-order valence-corrected chi connectivity index (χ0v) is 73.8.